The summed E-state index contributed by atoms with van der Waals surface area (Å²) in [5.41, 5.74) is 1.87. The van der Waals surface area contributed by atoms with E-state index in [1.807, 2.05) is 4.90 Å². The van der Waals surface area contributed by atoms with E-state index in [1.165, 1.54) is 26.2 Å². The molecule has 3 rings (SSSR count). The monoisotopic (exact) mass is 361 g/mol. The molecule has 0 aromatic carbocycles. The molecule has 0 saturated heterocycles. The Kier molecular flexibility index (Phi) is 5.65. The number of rotatable bonds is 4. The van der Waals surface area contributed by atoms with Crippen molar-refractivity contribution in [2.45, 2.75) is 79.6 Å². The van der Waals surface area contributed by atoms with Gasteiger partial charge >= 0.3 is 0 Å². The first-order valence-corrected chi connectivity index (χ1v) is 10.7. The van der Waals surface area contributed by atoms with E-state index in [4.69, 9.17) is 0 Å². The van der Waals surface area contributed by atoms with Crippen molar-refractivity contribution in [1.29, 1.82) is 0 Å². The lowest BCUT2D eigenvalue weighted by Crippen LogP contribution is -2.47. The summed E-state index contributed by atoms with van der Waals surface area (Å²) >= 11 is 0. The predicted octanol–water partition coefficient (Wildman–Crippen LogP) is 6.24. The van der Waals surface area contributed by atoms with Gasteiger partial charge in [0.25, 0.3) is 0 Å². The van der Waals surface area contributed by atoms with Crippen LogP contribution in [0.15, 0.2) is 23.2 Å². The van der Waals surface area contributed by atoms with Crippen LogP contribution in [0.3, 0.4) is 0 Å². The smallest absolute Gasteiger partial charge is 0.232 e. The van der Waals surface area contributed by atoms with Crippen molar-refractivity contribution >= 4 is 5.91 Å². The fourth-order valence-corrected chi connectivity index (χ4v) is 6.27. The van der Waals surface area contributed by atoms with Crippen LogP contribution in [-0.4, -0.2) is 17.4 Å². The minimum Gasteiger partial charge on any atom is -0.315 e. The standard InChI is InChI=1S/C23H36FNO/c1-6-19-14-25(21(7-2)20(19)10-16(4)24)22(26)23(5)12-17-8-15(3)9-18(11-17)13-23/h10,15,17-19H,6-9,11-14H2,1-5H3/b16-10+. The summed E-state index contributed by atoms with van der Waals surface area (Å²) in [6.07, 6.45) is 9.35. The molecule has 0 aromatic heterocycles. The molecule has 2 nitrogen and oxygen atoms in total. The van der Waals surface area contributed by atoms with Gasteiger partial charge in [-0.25, -0.2) is 4.39 Å². The van der Waals surface area contributed by atoms with Crippen molar-refractivity contribution in [3.05, 3.63) is 23.2 Å². The Labute approximate surface area is 158 Å². The lowest BCUT2D eigenvalue weighted by atomic mass is 9.59. The van der Waals surface area contributed by atoms with Gasteiger partial charge in [-0.1, -0.05) is 27.7 Å². The Morgan fingerprint density at radius 2 is 1.85 bits per heavy atom. The lowest BCUT2D eigenvalue weighted by Gasteiger charge is -2.47. The van der Waals surface area contributed by atoms with Crippen molar-refractivity contribution in [3.8, 4) is 0 Å². The van der Waals surface area contributed by atoms with Gasteiger partial charge in [0.1, 0.15) is 0 Å². The van der Waals surface area contributed by atoms with Crippen LogP contribution in [0.25, 0.3) is 0 Å². The van der Waals surface area contributed by atoms with Gasteiger partial charge in [0.15, 0.2) is 0 Å². The molecule has 3 atom stereocenters. The molecule has 2 bridgehead atoms. The van der Waals surface area contributed by atoms with Crippen LogP contribution < -0.4 is 0 Å². The highest BCUT2D eigenvalue weighted by atomic mass is 19.1. The van der Waals surface area contributed by atoms with Gasteiger partial charge in [-0.15, -0.1) is 0 Å². The molecule has 1 amide bonds. The summed E-state index contributed by atoms with van der Waals surface area (Å²) in [6, 6.07) is 0. The normalized spacial score (nSPS) is 38.1. The van der Waals surface area contributed by atoms with Gasteiger partial charge in [-0.2, -0.15) is 0 Å². The molecular weight excluding hydrogens is 325 g/mol. The number of halogens is 1. The summed E-state index contributed by atoms with van der Waals surface area (Å²) in [4.78, 5) is 15.7. The van der Waals surface area contributed by atoms with E-state index in [-0.39, 0.29) is 17.2 Å². The number of hydrogen-bond acceptors (Lipinski definition) is 1. The lowest BCUT2D eigenvalue weighted by molar-refractivity contribution is -0.144. The first kappa shape index (κ1) is 19.6. The number of nitrogens with zero attached hydrogens (tertiary/aromatic N) is 1. The Hall–Kier alpha value is -1.12. The maximum atomic E-state index is 13.7. The first-order valence-electron chi connectivity index (χ1n) is 10.7. The zero-order valence-electron chi connectivity index (χ0n) is 17.3. The van der Waals surface area contributed by atoms with Gasteiger partial charge in [0.2, 0.25) is 5.91 Å². The van der Waals surface area contributed by atoms with Crippen molar-refractivity contribution in [2.75, 3.05) is 6.54 Å². The molecule has 146 valence electrons. The number of allylic oxidation sites excluding steroid dienone is 3. The predicted molar refractivity (Wildman–Crippen MR) is 105 cm³/mol. The van der Waals surface area contributed by atoms with Gasteiger partial charge in [0.05, 0.1) is 5.83 Å². The van der Waals surface area contributed by atoms with E-state index in [0.29, 0.717) is 17.7 Å². The second-order valence-electron chi connectivity index (χ2n) is 9.52. The number of hydrogen-bond donors (Lipinski definition) is 0. The summed E-state index contributed by atoms with van der Waals surface area (Å²) in [6.45, 7) is 11.0. The average Bonchev–Trinajstić information content (AvgIpc) is 2.89. The molecule has 0 spiro atoms. The zero-order valence-corrected chi connectivity index (χ0v) is 17.3. The molecule has 3 aliphatic rings. The van der Waals surface area contributed by atoms with Crippen molar-refractivity contribution in [3.63, 3.8) is 0 Å². The van der Waals surface area contributed by atoms with Crippen LogP contribution in [-0.2, 0) is 4.79 Å². The number of carbonyl (C=O) groups is 1. The Bertz CT molecular complexity index is 598. The molecule has 1 heterocycles. The van der Waals surface area contributed by atoms with E-state index < -0.39 is 0 Å². The third-order valence-corrected chi connectivity index (χ3v) is 7.06. The molecule has 0 aromatic rings. The fraction of sp³-hybridized carbons (Fsp3) is 0.783. The minimum absolute atomic E-state index is 0.161. The van der Waals surface area contributed by atoms with Crippen LogP contribution >= 0.6 is 0 Å². The largest absolute Gasteiger partial charge is 0.315 e. The number of carbonyl (C=O) groups excluding carboxylic acids is 1. The Morgan fingerprint density at radius 3 is 2.35 bits per heavy atom. The third-order valence-electron chi connectivity index (χ3n) is 7.06. The van der Waals surface area contributed by atoms with Gasteiger partial charge in [-0.05, 0) is 81.3 Å². The van der Waals surface area contributed by atoms with Crippen LogP contribution in [0.4, 0.5) is 4.39 Å². The van der Waals surface area contributed by atoms with E-state index >= 15 is 0 Å². The molecule has 2 saturated carbocycles. The van der Waals surface area contributed by atoms with Crippen LogP contribution in [0.2, 0.25) is 0 Å². The maximum absolute atomic E-state index is 13.7. The number of fused-ring (bicyclic) bond motifs is 2. The van der Waals surface area contributed by atoms with Crippen molar-refractivity contribution < 1.29 is 9.18 Å². The van der Waals surface area contributed by atoms with Crippen molar-refractivity contribution in [1.82, 2.24) is 4.90 Å². The minimum atomic E-state index is -0.240. The summed E-state index contributed by atoms with van der Waals surface area (Å²) < 4.78 is 13.6. The summed E-state index contributed by atoms with van der Waals surface area (Å²) in [5, 5.41) is 0. The van der Waals surface area contributed by atoms with Crippen molar-refractivity contribution in [2.24, 2.45) is 29.1 Å². The van der Waals surface area contributed by atoms with Gasteiger partial charge in [0, 0.05) is 23.6 Å². The SMILES string of the molecule is CCC1=C(/C=C(\C)F)C(CC)CN1C(=O)C1(C)CC2CC(C)CC(C2)C1. The fourth-order valence-electron chi connectivity index (χ4n) is 6.27. The Balaban J connectivity index is 1.87. The highest BCUT2D eigenvalue weighted by Crippen LogP contribution is 2.52. The molecule has 3 heteroatoms. The maximum Gasteiger partial charge on any atom is 0.232 e. The molecule has 0 N–H and O–H groups in total. The quantitative estimate of drug-likeness (QED) is 0.580. The Morgan fingerprint density at radius 1 is 1.23 bits per heavy atom. The summed E-state index contributed by atoms with van der Waals surface area (Å²) in [7, 11) is 0. The average molecular weight is 362 g/mol. The van der Waals surface area contributed by atoms with Crippen LogP contribution in [0, 0.1) is 29.1 Å². The van der Waals surface area contributed by atoms with Crippen LogP contribution in [0.1, 0.15) is 79.6 Å². The van der Waals surface area contributed by atoms with E-state index in [1.54, 1.807) is 6.08 Å². The third kappa shape index (κ3) is 3.64. The van der Waals surface area contributed by atoms with E-state index in [2.05, 4.69) is 27.7 Å². The topological polar surface area (TPSA) is 20.3 Å². The number of amides is 1. The second kappa shape index (κ2) is 7.48. The molecular formula is C23H36FNO. The van der Waals surface area contributed by atoms with E-state index in [9.17, 15) is 9.18 Å². The molecule has 0 radical (unpaired) electrons. The highest BCUT2D eigenvalue weighted by Gasteiger charge is 2.48. The molecule has 26 heavy (non-hydrogen) atoms. The molecule has 2 aliphatic carbocycles. The van der Waals surface area contributed by atoms with Crippen LogP contribution in [0.5, 0.6) is 0 Å². The van der Waals surface area contributed by atoms with Gasteiger partial charge in [-0.3, -0.25) is 4.79 Å². The second-order valence-corrected chi connectivity index (χ2v) is 9.52. The van der Waals surface area contributed by atoms with Gasteiger partial charge < -0.3 is 4.90 Å². The zero-order chi connectivity index (χ0) is 19.1. The first-order chi connectivity index (χ1) is 12.3. The molecule has 2 fully saturated rings. The molecule has 3 unspecified atom stereocenters. The highest BCUT2D eigenvalue weighted by molar-refractivity contribution is 5.85. The molecule has 1 aliphatic heterocycles. The summed E-state index contributed by atoms with van der Waals surface area (Å²) in [5.74, 6) is 2.63. The van der Waals surface area contributed by atoms with E-state index in [0.717, 1.165) is 49.4 Å².